The molecule has 0 aliphatic heterocycles. The average molecular weight is 236 g/mol. The molecule has 0 saturated heterocycles. The van der Waals surface area contributed by atoms with E-state index in [0.717, 1.165) is 16.3 Å². The molecule has 2 N–H and O–H groups in total. The standard InChI is InChI=1S/C12H14ClN3/c1-9(8-14)16-12(6-7-15-16)10-2-4-11(13)5-3-10/h2-7,9H,8,14H2,1H3. The smallest absolute Gasteiger partial charge is 0.0685 e. The van der Waals surface area contributed by atoms with Crippen molar-refractivity contribution in [3.8, 4) is 11.3 Å². The van der Waals surface area contributed by atoms with Crippen LogP contribution in [0, 0.1) is 0 Å². The van der Waals surface area contributed by atoms with Gasteiger partial charge in [0.2, 0.25) is 0 Å². The molecular weight excluding hydrogens is 222 g/mol. The van der Waals surface area contributed by atoms with Crippen LogP contribution in [0.1, 0.15) is 13.0 Å². The third-order valence-electron chi connectivity index (χ3n) is 2.57. The molecule has 0 spiro atoms. The second kappa shape index (κ2) is 4.68. The van der Waals surface area contributed by atoms with E-state index in [1.807, 2.05) is 41.9 Å². The van der Waals surface area contributed by atoms with Crippen molar-refractivity contribution in [3.63, 3.8) is 0 Å². The highest BCUT2D eigenvalue weighted by atomic mass is 35.5. The molecule has 4 heteroatoms. The van der Waals surface area contributed by atoms with Gasteiger partial charge >= 0.3 is 0 Å². The Kier molecular flexibility index (Phi) is 3.27. The second-order valence-electron chi connectivity index (χ2n) is 3.75. The summed E-state index contributed by atoms with van der Waals surface area (Å²) in [6.45, 7) is 2.62. The van der Waals surface area contributed by atoms with Gasteiger partial charge in [-0.1, -0.05) is 23.7 Å². The van der Waals surface area contributed by atoms with Gasteiger partial charge in [0, 0.05) is 17.8 Å². The largest absolute Gasteiger partial charge is 0.328 e. The molecule has 0 amide bonds. The van der Waals surface area contributed by atoms with Crippen LogP contribution in [-0.2, 0) is 0 Å². The zero-order chi connectivity index (χ0) is 11.5. The van der Waals surface area contributed by atoms with Crippen molar-refractivity contribution in [1.29, 1.82) is 0 Å². The van der Waals surface area contributed by atoms with Gasteiger partial charge in [0.05, 0.1) is 11.7 Å². The number of nitrogens with two attached hydrogens (primary N) is 1. The van der Waals surface area contributed by atoms with E-state index in [2.05, 4.69) is 5.10 Å². The Morgan fingerprint density at radius 1 is 1.31 bits per heavy atom. The van der Waals surface area contributed by atoms with Gasteiger partial charge in [-0.3, -0.25) is 4.68 Å². The van der Waals surface area contributed by atoms with Crippen LogP contribution in [0.5, 0.6) is 0 Å². The molecule has 84 valence electrons. The van der Waals surface area contributed by atoms with E-state index in [-0.39, 0.29) is 6.04 Å². The number of hydrogen-bond donors (Lipinski definition) is 1. The fourth-order valence-corrected chi connectivity index (χ4v) is 1.74. The Morgan fingerprint density at radius 2 is 2.00 bits per heavy atom. The lowest BCUT2D eigenvalue weighted by molar-refractivity contribution is 0.506. The van der Waals surface area contributed by atoms with E-state index in [1.54, 1.807) is 6.20 Å². The monoisotopic (exact) mass is 235 g/mol. The summed E-state index contributed by atoms with van der Waals surface area (Å²) in [5, 5.41) is 5.03. The zero-order valence-electron chi connectivity index (χ0n) is 9.10. The highest BCUT2D eigenvalue weighted by molar-refractivity contribution is 6.30. The summed E-state index contributed by atoms with van der Waals surface area (Å²) in [6.07, 6.45) is 1.79. The van der Waals surface area contributed by atoms with Gasteiger partial charge < -0.3 is 5.73 Å². The van der Waals surface area contributed by atoms with Crippen molar-refractivity contribution in [3.05, 3.63) is 41.6 Å². The van der Waals surface area contributed by atoms with E-state index in [9.17, 15) is 0 Å². The molecule has 1 unspecified atom stereocenters. The lowest BCUT2D eigenvalue weighted by atomic mass is 10.1. The molecule has 0 saturated carbocycles. The number of rotatable bonds is 3. The number of aromatic nitrogens is 2. The van der Waals surface area contributed by atoms with Gasteiger partial charge in [-0.15, -0.1) is 0 Å². The summed E-state index contributed by atoms with van der Waals surface area (Å²) in [4.78, 5) is 0. The zero-order valence-corrected chi connectivity index (χ0v) is 9.85. The maximum atomic E-state index is 5.86. The minimum atomic E-state index is 0.195. The summed E-state index contributed by atoms with van der Waals surface area (Å²) in [6, 6.07) is 9.90. The SMILES string of the molecule is CC(CN)n1nccc1-c1ccc(Cl)cc1. The number of benzene rings is 1. The van der Waals surface area contributed by atoms with Crippen LogP contribution in [0.25, 0.3) is 11.3 Å². The van der Waals surface area contributed by atoms with Crippen LogP contribution < -0.4 is 5.73 Å². The summed E-state index contributed by atoms with van der Waals surface area (Å²) in [5.74, 6) is 0. The molecule has 3 nitrogen and oxygen atoms in total. The molecule has 1 aromatic heterocycles. The Bertz CT molecular complexity index is 461. The molecule has 1 atom stereocenters. The van der Waals surface area contributed by atoms with Gasteiger partial charge in [0.1, 0.15) is 0 Å². The van der Waals surface area contributed by atoms with Crippen molar-refractivity contribution in [2.75, 3.05) is 6.54 Å². The Hall–Kier alpha value is -1.32. The fraction of sp³-hybridized carbons (Fsp3) is 0.250. The summed E-state index contributed by atoms with van der Waals surface area (Å²) in [7, 11) is 0. The van der Waals surface area contributed by atoms with Crippen molar-refractivity contribution in [2.24, 2.45) is 5.73 Å². The van der Waals surface area contributed by atoms with Crippen LogP contribution in [0.3, 0.4) is 0 Å². The topological polar surface area (TPSA) is 43.8 Å². The third-order valence-corrected chi connectivity index (χ3v) is 2.82. The van der Waals surface area contributed by atoms with Gasteiger partial charge in [0.25, 0.3) is 0 Å². The molecule has 1 aromatic carbocycles. The van der Waals surface area contributed by atoms with Crippen LogP contribution in [0.15, 0.2) is 36.5 Å². The molecule has 2 rings (SSSR count). The van der Waals surface area contributed by atoms with Crippen LogP contribution in [0.2, 0.25) is 5.02 Å². The predicted molar refractivity (Wildman–Crippen MR) is 66.4 cm³/mol. The van der Waals surface area contributed by atoms with Crippen molar-refractivity contribution >= 4 is 11.6 Å². The van der Waals surface area contributed by atoms with Crippen molar-refractivity contribution in [2.45, 2.75) is 13.0 Å². The minimum absolute atomic E-state index is 0.195. The Labute approximate surface area is 99.8 Å². The van der Waals surface area contributed by atoms with E-state index >= 15 is 0 Å². The molecule has 0 radical (unpaired) electrons. The first-order valence-corrected chi connectivity index (χ1v) is 5.59. The molecule has 0 fully saturated rings. The van der Waals surface area contributed by atoms with Gasteiger partial charge in [-0.05, 0) is 30.7 Å². The first-order valence-electron chi connectivity index (χ1n) is 5.22. The highest BCUT2D eigenvalue weighted by Gasteiger charge is 2.09. The quantitative estimate of drug-likeness (QED) is 0.889. The first-order chi connectivity index (χ1) is 7.72. The molecular formula is C12H14ClN3. The van der Waals surface area contributed by atoms with Gasteiger partial charge in [0.15, 0.2) is 0 Å². The third kappa shape index (κ3) is 2.10. The van der Waals surface area contributed by atoms with Crippen molar-refractivity contribution in [1.82, 2.24) is 9.78 Å². The fourth-order valence-electron chi connectivity index (χ4n) is 1.61. The maximum absolute atomic E-state index is 5.86. The lowest BCUT2D eigenvalue weighted by Crippen LogP contribution is -2.17. The highest BCUT2D eigenvalue weighted by Crippen LogP contribution is 2.23. The Balaban J connectivity index is 2.40. The summed E-state index contributed by atoms with van der Waals surface area (Å²) in [5.41, 5.74) is 7.82. The lowest BCUT2D eigenvalue weighted by Gasteiger charge is -2.13. The predicted octanol–water partition coefficient (Wildman–Crippen LogP) is 2.72. The maximum Gasteiger partial charge on any atom is 0.0685 e. The first kappa shape index (κ1) is 11.2. The normalized spacial score (nSPS) is 12.7. The Morgan fingerprint density at radius 3 is 2.62 bits per heavy atom. The van der Waals surface area contributed by atoms with Crippen LogP contribution >= 0.6 is 11.6 Å². The van der Waals surface area contributed by atoms with E-state index in [4.69, 9.17) is 17.3 Å². The van der Waals surface area contributed by atoms with E-state index < -0.39 is 0 Å². The summed E-state index contributed by atoms with van der Waals surface area (Å²) < 4.78 is 1.93. The minimum Gasteiger partial charge on any atom is -0.328 e. The van der Waals surface area contributed by atoms with Crippen LogP contribution in [0.4, 0.5) is 0 Å². The molecule has 0 aliphatic carbocycles. The number of hydrogen-bond acceptors (Lipinski definition) is 2. The van der Waals surface area contributed by atoms with E-state index in [1.165, 1.54) is 0 Å². The van der Waals surface area contributed by atoms with Crippen LogP contribution in [-0.4, -0.2) is 16.3 Å². The van der Waals surface area contributed by atoms with E-state index in [0.29, 0.717) is 6.54 Å². The number of nitrogens with zero attached hydrogens (tertiary/aromatic N) is 2. The molecule has 2 aromatic rings. The average Bonchev–Trinajstić information content (AvgIpc) is 2.78. The molecule has 0 aliphatic rings. The number of halogens is 1. The molecule has 1 heterocycles. The molecule has 16 heavy (non-hydrogen) atoms. The summed E-state index contributed by atoms with van der Waals surface area (Å²) >= 11 is 5.86. The van der Waals surface area contributed by atoms with Gasteiger partial charge in [-0.25, -0.2) is 0 Å². The van der Waals surface area contributed by atoms with Gasteiger partial charge in [-0.2, -0.15) is 5.10 Å². The van der Waals surface area contributed by atoms with Crippen molar-refractivity contribution < 1.29 is 0 Å². The molecule has 0 bridgehead atoms. The second-order valence-corrected chi connectivity index (χ2v) is 4.19.